The van der Waals surface area contributed by atoms with E-state index in [0.717, 1.165) is 30.4 Å². The standard InChI is InChI=1S/C22H22N4O2/c1-17-7-12-21(24-23-17)25-13-15-26(16-14-25)22(27)18-8-10-20(11-9-18)28-19-5-3-2-4-6-19/h2-12H,13-16H2,1H3. The zero-order chi connectivity index (χ0) is 19.3. The van der Waals surface area contributed by atoms with Crippen molar-refractivity contribution in [3.8, 4) is 11.5 Å². The third kappa shape index (κ3) is 4.11. The van der Waals surface area contributed by atoms with E-state index in [9.17, 15) is 4.79 Å². The van der Waals surface area contributed by atoms with Crippen molar-refractivity contribution in [3.05, 3.63) is 78.0 Å². The lowest BCUT2D eigenvalue weighted by Gasteiger charge is -2.35. The van der Waals surface area contributed by atoms with Crippen molar-refractivity contribution in [1.82, 2.24) is 15.1 Å². The Morgan fingerprint density at radius 1 is 0.821 bits per heavy atom. The van der Waals surface area contributed by atoms with Crippen LogP contribution in [-0.4, -0.2) is 47.2 Å². The predicted octanol–water partition coefficient (Wildman–Crippen LogP) is 3.54. The summed E-state index contributed by atoms with van der Waals surface area (Å²) in [5.74, 6) is 2.39. The van der Waals surface area contributed by atoms with Crippen LogP contribution in [-0.2, 0) is 0 Å². The maximum Gasteiger partial charge on any atom is 0.253 e. The number of para-hydroxylation sites is 1. The fourth-order valence-corrected chi connectivity index (χ4v) is 3.17. The van der Waals surface area contributed by atoms with Crippen LogP contribution in [0, 0.1) is 6.92 Å². The molecule has 0 atom stereocenters. The number of anilines is 1. The molecule has 0 radical (unpaired) electrons. The molecule has 1 saturated heterocycles. The minimum absolute atomic E-state index is 0.0425. The highest BCUT2D eigenvalue weighted by atomic mass is 16.5. The fraction of sp³-hybridized carbons (Fsp3) is 0.227. The summed E-state index contributed by atoms with van der Waals surface area (Å²) in [7, 11) is 0. The fourth-order valence-electron chi connectivity index (χ4n) is 3.17. The number of aromatic nitrogens is 2. The molecule has 0 spiro atoms. The van der Waals surface area contributed by atoms with Crippen molar-refractivity contribution in [2.24, 2.45) is 0 Å². The second kappa shape index (κ2) is 8.08. The molecule has 142 valence electrons. The van der Waals surface area contributed by atoms with Crippen LogP contribution in [0.4, 0.5) is 5.82 Å². The lowest BCUT2D eigenvalue weighted by atomic mass is 10.1. The number of amides is 1. The molecule has 6 nitrogen and oxygen atoms in total. The first-order valence-electron chi connectivity index (χ1n) is 9.36. The second-order valence-corrected chi connectivity index (χ2v) is 6.75. The summed E-state index contributed by atoms with van der Waals surface area (Å²) < 4.78 is 5.79. The van der Waals surface area contributed by atoms with Gasteiger partial charge in [-0.15, -0.1) is 5.10 Å². The minimum atomic E-state index is 0.0425. The number of piperazine rings is 1. The lowest BCUT2D eigenvalue weighted by molar-refractivity contribution is 0.0746. The molecule has 0 N–H and O–H groups in total. The quantitative estimate of drug-likeness (QED) is 0.699. The molecule has 1 aliphatic heterocycles. The van der Waals surface area contributed by atoms with E-state index in [2.05, 4.69) is 15.1 Å². The van der Waals surface area contributed by atoms with Gasteiger partial charge in [0.1, 0.15) is 11.5 Å². The van der Waals surface area contributed by atoms with Gasteiger partial charge in [-0.1, -0.05) is 18.2 Å². The topological polar surface area (TPSA) is 58.6 Å². The van der Waals surface area contributed by atoms with Gasteiger partial charge < -0.3 is 14.5 Å². The average Bonchev–Trinajstić information content (AvgIpc) is 2.75. The summed E-state index contributed by atoms with van der Waals surface area (Å²) >= 11 is 0. The lowest BCUT2D eigenvalue weighted by Crippen LogP contribution is -2.49. The second-order valence-electron chi connectivity index (χ2n) is 6.75. The van der Waals surface area contributed by atoms with Gasteiger partial charge in [-0.25, -0.2) is 0 Å². The first kappa shape index (κ1) is 18.0. The number of nitrogens with zero attached hydrogens (tertiary/aromatic N) is 4. The van der Waals surface area contributed by atoms with Crippen LogP contribution >= 0.6 is 0 Å². The smallest absolute Gasteiger partial charge is 0.253 e. The number of hydrogen-bond donors (Lipinski definition) is 0. The molecular formula is C22H22N4O2. The van der Waals surface area contributed by atoms with Gasteiger partial charge in [-0.3, -0.25) is 4.79 Å². The SMILES string of the molecule is Cc1ccc(N2CCN(C(=O)c3ccc(Oc4ccccc4)cc3)CC2)nn1. The Morgan fingerprint density at radius 3 is 2.14 bits per heavy atom. The van der Waals surface area contributed by atoms with E-state index in [1.54, 1.807) is 0 Å². The van der Waals surface area contributed by atoms with Gasteiger partial charge in [0, 0.05) is 31.7 Å². The largest absolute Gasteiger partial charge is 0.457 e. The molecule has 1 aromatic heterocycles. The van der Waals surface area contributed by atoms with Crippen molar-refractivity contribution in [2.75, 3.05) is 31.1 Å². The van der Waals surface area contributed by atoms with E-state index in [-0.39, 0.29) is 5.91 Å². The van der Waals surface area contributed by atoms with Crippen LogP contribution in [0.25, 0.3) is 0 Å². The molecule has 3 aromatic rings. The molecule has 0 aliphatic carbocycles. The summed E-state index contributed by atoms with van der Waals surface area (Å²) in [5.41, 5.74) is 1.57. The molecular weight excluding hydrogens is 352 g/mol. The van der Waals surface area contributed by atoms with E-state index in [0.29, 0.717) is 24.4 Å². The molecule has 0 bridgehead atoms. The summed E-state index contributed by atoms with van der Waals surface area (Å²) in [5, 5.41) is 8.34. The average molecular weight is 374 g/mol. The van der Waals surface area contributed by atoms with Gasteiger partial charge in [-0.05, 0) is 55.5 Å². The van der Waals surface area contributed by atoms with E-state index in [4.69, 9.17) is 4.74 Å². The summed E-state index contributed by atoms with van der Waals surface area (Å²) in [6.07, 6.45) is 0. The van der Waals surface area contributed by atoms with Crippen LogP contribution in [0.15, 0.2) is 66.7 Å². The molecule has 6 heteroatoms. The third-order valence-corrected chi connectivity index (χ3v) is 4.75. The molecule has 1 amide bonds. The number of carbonyl (C=O) groups is 1. The number of rotatable bonds is 4. The summed E-state index contributed by atoms with van der Waals surface area (Å²) in [6.45, 7) is 4.74. The zero-order valence-corrected chi connectivity index (χ0v) is 15.8. The Kier molecular flexibility index (Phi) is 5.19. The maximum atomic E-state index is 12.8. The summed E-state index contributed by atoms with van der Waals surface area (Å²) in [4.78, 5) is 16.8. The highest BCUT2D eigenvalue weighted by Crippen LogP contribution is 2.22. The molecule has 1 fully saturated rings. The van der Waals surface area contributed by atoms with Crippen LogP contribution in [0.2, 0.25) is 0 Å². The van der Waals surface area contributed by atoms with Crippen LogP contribution in [0.1, 0.15) is 16.1 Å². The van der Waals surface area contributed by atoms with Gasteiger partial charge in [0.15, 0.2) is 5.82 Å². The van der Waals surface area contributed by atoms with Gasteiger partial charge in [0.25, 0.3) is 5.91 Å². The zero-order valence-electron chi connectivity index (χ0n) is 15.8. The molecule has 4 rings (SSSR count). The van der Waals surface area contributed by atoms with Gasteiger partial charge in [0.05, 0.1) is 5.69 Å². The third-order valence-electron chi connectivity index (χ3n) is 4.75. The first-order valence-corrected chi connectivity index (χ1v) is 9.36. The van der Waals surface area contributed by atoms with Crippen LogP contribution < -0.4 is 9.64 Å². The van der Waals surface area contributed by atoms with Gasteiger partial charge >= 0.3 is 0 Å². The monoisotopic (exact) mass is 374 g/mol. The Labute approximate surface area is 164 Å². The number of benzene rings is 2. The van der Waals surface area contributed by atoms with Gasteiger partial charge in [-0.2, -0.15) is 5.10 Å². The number of hydrogen-bond acceptors (Lipinski definition) is 5. The van der Waals surface area contributed by atoms with E-state index < -0.39 is 0 Å². The Morgan fingerprint density at radius 2 is 1.50 bits per heavy atom. The highest BCUT2D eigenvalue weighted by molar-refractivity contribution is 5.94. The van der Waals surface area contributed by atoms with Crippen molar-refractivity contribution < 1.29 is 9.53 Å². The minimum Gasteiger partial charge on any atom is -0.457 e. The van der Waals surface area contributed by atoms with E-state index in [1.807, 2.05) is 78.6 Å². The Balaban J connectivity index is 1.35. The maximum absolute atomic E-state index is 12.8. The van der Waals surface area contributed by atoms with Crippen molar-refractivity contribution in [2.45, 2.75) is 6.92 Å². The number of ether oxygens (including phenoxy) is 1. The number of carbonyl (C=O) groups excluding carboxylic acids is 1. The molecule has 28 heavy (non-hydrogen) atoms. The van der Waals surface area contributed by atoms with Crippen molar-refractivity contribution in [1.29, 1.82) is 0 Å². The number of aryl methyl sites for hydroxylation is 1. The Hall–Kier alpha value is -3.41. The molecule has 2 heterocycles. The first-order chi connectivity index (χ1) is 13.7. The van der Waals surface area contributed by atoms with E-state index in [1.165, 1.54) is 0 Å². The highest BCUT2D eigenvalue weighted by Gasteiger charge is 2.23. The predicted molar refractivity (Wildman–Crippen MR) is 108 cm³/mol. The molecule has 0 saturated carbocycles. The van der Waals surface area contributed by atoms with Crippen molar-refractivity contribution in [3.63, 3.8) is 0 Å². The van der Waals surface area contributed by atoms with Gasteiger partial charge in [0.2, 0.25) is 0 Å². The van der Waals surface area contributed by atoms with E-state index >= 15 is 0 Å². The normalized spacial score (nSPS) is 14.0. The molecule has 1 aliphatic rings. The molecule has 2 aromatic carbocycles. The van der Waals surface area contributed by atoms with Crippen LogP contribution in [0.5, 0.6) is 11.5 Å². The van der Waals surface area contributed by atoms with Crippen molar-refractivity contribution >= 4 is 11.7 Å². The van der Waals surface area contributed by atoms with Crippen LogP contribution in [0.3, 0.4) is 0 Å². The Bertz CT molecular complexity index is 919. The molecule has 0 unspecified atom stereocenters. The summed E-state index contributed by atoms with van der Waals surface area (Å²) in [6, 6.07) is 20.8.